The zero-order chi connectivity index (χ0) is 21.3. The zero-order valence-corrected chi connectivity index (χ0v) is 17.5. The first-order valence-corrected chi connectivity index (χ1v) is 10.1. The minimum Gasteiger partial charge on any atom is -0.490 e. The van der Waals surface area contributed by atoms with Crippen LogP contribution in [0.5, 0.6) is 17.2 Å². The molecule has 0 atom stereocenters. The Balaban J connectivity index is 1.84. The Labute approximate surface area is 176 Å². The molecule has 3 rings (SSSR count). The Morgan fingerprint density at radius 2 is 1.53 bits per heavy atom. The molecule has 0 radical (unpaired) electrons. The van der Waals surface area contributed by atoms with Crippen LogP contribution in [0.25, 0.3) is 10.8 Å². The summed E-state index contributed by atoms with van der Waals surface area (Å²) in [5.41, 5.74) is 3.88. The number of carbonyl (C=O) groups excluding carboxylic acids is 1. The minimum atomic E-state index is -0.364. The summed E-state index contributed by atoms with van der Waals surface area (Å²) in [5, 5.41) is 6.32. The second-order valence-corrected chi connectivity index (χ2v) is 6.37. The number of amides is 1. The van der Waals surface area contributed by atoms with Crippen molar-refractivity contribution in [2.75, 3.05) is 19.8 Å². The first kappa shape index (κ1) is 21.2. The summed E-state index contributed by atoms with van der Waals surface area (Å²) in [6.45, 7) is 6.97. The topological polar surface area (TPSA) is 69.2 Å². The van der Waals surface area contributed by atoms with Crippen LogP contribution in [0.4, 0.5) is 0 Å². The van der Waals surface area contributed by atoms with E-state index in [1.807, 2.05) is 63.2 Å². The second kappa shape index (κ2) is 10.3. The fraction of sp³-hybridized carbons (Fsp3) is 0.250. The molecule has 0 aliphatic carbocycles. The van der Waals surface area contributed by atoms with Crippen molar-refractivity contribution in [2.24, 2.45) is 5.10 Å². The maximum absolute atomic E-state index is 12.7. The lowest BCUT2D eigenvalue weighted by Crippen LogP contribution is -2.18. The second-order valence-electron chi connectivity index (χ2n) is 6.37. The molecule has 0 saturated heterocycles. The fourth-order valence-electron chi connectivity index (χ4n) is 3.11. The average Bonchev–Trinajstić information content (AvgIpc) is 2.76. The normalized spacial score (nSPS) is 10.9. The van der Waals surface area contributed by atoms with Gasteiger partial charge in [0.25, 0.3) is 5.91 Å². The van der Waals surface area contributed by atoms with Crippen LogP contribution >= 0.6 is 0 Å². The van der Waals surface area contributed by atoms with Gasteiger partial charge in [-0.15, -0.1) is 0 Å². The number of carbonyl (C=O) groups is 1. The smallest absolute Gasteiger partial charge is 0.271 e. The van der Waals surface area contributed by atoms with E-state index in [0.29, 0.717) is 42.6 Å². The lowest BCUT2D eigenvalue weighted by Gasteiger charge is -2.16. The van der Waals surface area contributed by atoms with E-state index in [4.69, 9.17) is 14.2 Å². The third kappa shape index (κ3) is 4.89. The molecule has 6 heteroatoms. The molecule has 0 heterocycles. The van der Waals surface area contributed by atoms with E-state index in [0.717, 1.165) is 16.3 Å². The van der Waals surface area contributed by atoms with Crippen LogP contribution < -0.4 is 19.6 Å². The lowest BCUT2D eigenvalue weighted by atomic mass is 10.1. The van der Waals surface area contributed by atoms with Crippen molar-refractivity contribution < 1.29 is 19.0 Å². The average molecular weight is 406 g/mol. The van der Waals surface area contributed by atoms with Crippen LogP contribution in [-0.4, -0.2) is 31.9 Å². The highest BCUT2D eigenvalue weighted by molar-refractivity contribution is 6.01. The highest BCUT2D eigenvalue weighted by Gasteiger charge is 2.18. The third-order valence-electron chi connectivity index (χ3n) is 4.36. The van der Waals surface area contributed by atoms with E-state index >= 15 is 0 Å². The molecule has 0 spiro atoms. The summed E-state index contributed by atoms with van der Waals surface area (Å²) in [6.07, 6.45) is 1.64. The van der Waals surface area contributed by atoms with Gasteiger partial charge in [0.1, 0.15) is 0 Å². The summed E-state index contributed by atoms with van der Waals surface area (Å²) in [7, 11) is 0. The number of nitrogens with zero attached hydrogens (tertiary/aromatic N) is 1. The summed E-state index contributed by atoms with van der Waals surface area (Å²) in [6, 6.07) is 17.3. The number of hydrogen-bond acceptors (Lipinski definition) is 5. The van der Waals surface area contributed by atoms with Crippen LogP contribution in [0.1, 0.15) is 36.7 Å². The van der Waals surface area contributed by atoms with Crippen molar-refractivity contribution in [3.8, 4) is 17.2 Å². The standard InChI is InChI=1S/C24H26N2O4/c1-4-28-21-14-19(15-22(29-5-2)23(21)30-6-3)24(27)26-25-16-18-12-9-11-17-10-7-8-13-20(17)18/h7-16H,4-6H2,1-3H3,(H,26,27). The molecule has 6 nitrogen and oxygen atoms in total. The molecule has 1 amide bonds. The van der Waals surface area contributed by atoms with E-state index in [2.05, 4.69) is 10.5 Å². The van der Waals surface area contributed by atoms with Crippen molar-refractivity contribution in [3.05, 3.63) is 65.7 Å². The number of benzene rings is 3. The van der Waals surface area contributed by atoms with Crippen LogP contribution in [0, 0.1) is 0 Å². The number of hydrogen-bond donors (Lipinski definition) is 1. The molecule has 0 aliphatic heterocycles. The molecule has 1 N–H and O–H groups in total. The van der Waals surface area contributed by atoms with Crippen molar-refractivity contribution >= 4 is 22.9 Å². The van der Waals surface area contributed by atoms with Crippen LogP contribution in [0.3, 0.4) is 0 Å². The van der Waals surface area contributed by atoms with Crippen molar-refractivity contribution in [3.63, 3.8) is 0 Å². The van der Waals surface area contributed by atoms with Crippen molar-refractivity contribution in [1.29, 1.82) is 0 Å². The van der Waals surface area contributed by atoms with E-state index in [-0.39, 0.29) is 5.91 Å². The van der Waals surface area contributed by atoms with Gasteiger partial charge in [-0.2, -0.15) is 5.10 Å². The van der Waals surface area contributed by atoms with Gasteiger partial charge in [0, 0.05) is 11.1 Å². The predicted molar refractivity (Wildman–Crippen MR) is 119 cm³/mol. The van der Waals surface area contributed by atoms with Crippen LogP contribution in [0.15, 0.2) is 59.7 Å². The molecular weight excluding hydrogens is 380 g/mol. The fourth-order valence-corrected chi connectivity index (χ4v) is 3.11. The number of ether oxygens (including phenoxy) is 3. The molecule has 0 aromatic heterocycles. The molecule has 0 bridgehead atoms. The minimum absolute atomic E-state index is 0.364. The van der Waals surface area contributed by atoms with Gasteiger partial charge >= 0.3 is 0 Å². The van der Waals surface area contributed by atoms with Gasteiger partial charge in [0.05, 0.1) is 26.0 Å². The Kier molecular flexibility index (Phi) is 7.27. The number of hydrazone groups is 1. The summed E-state index contributed by atoms with van der Waals surface area (Å²) >= 11 is 0. The number of nitrogens with one attached hydrogen (secondary N) is 1. The molecule has 156 valence electrons. The summed E-state index contributed by atoms with van der Waals surface area (Å²) < 4.78 is 17.0. The largest absolute Gasteiger partial charge is 0.490 e. The Morgan fingerprint density at radius 1 is 0.900 bits per heavy atom. The van der Waals surface area contributed by atoms with Gasteiger partial charge in [-0.3, -0.25) is 4.79 Å². The maximum atomic E-state index is 12.7. The monoisotopic (exact) mass is 406 g/mol. The van der Waals surface area contributed by atoms with Crippen LogP contribution in [-0.2, 0) is 0 Å². The van der Waals surface area contributed by atoms with E-state index in [9.17, 15) is 4.79 Å². The van der Waals surface area contributed by atoms with E-state index in [1.165, 1.54) is 0 Å². The Bertz CT molecular complexity index is 1010. The van der Waals surface area contributed by atoms with Crippen molar-refractivity contribution in [1.82, 2.24) is 5.43 Å². The maximum Gasteiger partial charge on any atom is 0.271 e. The predicted octanol–water partition coefficient (Wildman–Crippen LogP) is 4.80. The number of rotatable bonds is 9. The summed E-state index contributed by atoms with van der Waals surface area (Å²) in [4.78, 5) is 12.7. The van der Waals surface area contributed by atoms with Gasteiger partial charge in [-0.1, -0.05) is 42.5 Å². The zero-order valence-electron chi connectivity index (χ0n) is 17.5. The molecule has 0 fully saturated rings. The highest BCUT2D eigenvalue weighted by Crippen LogP contribution is 2.39. The van der Waals surface area contributed by atoms with Gasteiger partial charge in [-0.05, 0) is 43.7 Å². The van der Waals surface area contributed by atoms with Gasteiger partial charge in [0.15, 0.2) is 11.5 Å². The third-order valence-corrected chi connectivity index (χ3v) is 4.36. The van der Waals surface area contributed by atoms with Gasteiger partial charge < -0.3 is 14.2 Å². The highest BCUT2D eigenvalue weighted by atomic mass is 16.5. The molecular formula is C24H26N2O4. The first-order chi connectivity index (χ1) is 14.7. The van der Waals surface area contributed by atoms with Crippen LogP contribution in [0.2, 0.25) is 0 Å². The summed E-state index contributed by atoms with van der Waals surface area (Å²) in [5.74, 6) is 1.07. The van der Waals surface area contributed by atoms with E-state index < -0.39 is 0 Å². The molecule has 30 heavy (non-hydrogen) atoms. The number of fused-ring (bicyclic) bond motifs is 1. The molecule has 3 aromatic rings. The molecule has 0 aliphatic rings. The van der Waals surface area contributed by atoms with Gasteiger partial charge in [-0.25, -0.2) is 5.43 Å². The van der Waals surface area contributed by atoms with Gasteiger partial charge in [0.2, 0.25) is 5.75 Å². The Morgan fingerprint density at radius 3 is 2.20 bits per heavy atom. The first-order valence-electron chi connectivity index (χ1n) is 10.1. The molecule has 3 aromatic carbocycles. The SMILES string of the molecule is CCOc1cc(C(=O)NN=Cc2cccc3ccccc23)cc(OCC)c1OCC. The van der Waals surface area contributed by atoms with E-state index in [1.54, 1.807) is 18.3 Å². The molecule has 0 saturated carbocycles. The molecule has 0 unspecified atom stereocenters. The quantitative estimate of drug-likeness (QED) is 0.409. The Hall–Kier alpha value is -3.54. The lowest BCUT2D eigenvalue weighted by molar-refractivity contribution is 0.0954. The van der Waals surface area contributed by atoms with Crippen molar-refractivity contribution in [2.45, 2.75) is 20.8 Å².